The van der Waals surface area contributed by atoms with Crippen molar-refractivity contribution in [3.05, 3.63) is 29.8 Å². The number of amides is 3. The number of urea groups is 1. The molecule has 0 aromatic heterocycles. The van der Waals surface area contributed by atoms with Crippen LogP contribution in [0.2, 0.25) is 0 Å². The van der Waals surface area contributed by atoms with Gasteiger partial charge in [0.05, 0.1) is 6.04 Å². The summed E-state index contributed by atoms with van der Waals surface area (Å²) in [5, 5.41) is 5.41. The van der Waals surface area contributed by atoms with E-state index < -0.39 is 0 Å². The zero-order valence-electron chi connectivity index (χ0n) is 11.4. The van der Waals surface area contributed by atoms with Crippen LogP contribution >= 0.6 is 11.6 Å². The Kier molecular flexibility index (Phi) is 4.84. The van der Waals surface area contributed by atoms with E-state index in [9.17, 15) is 9.59 Å². The van der Waals surface area contributed by atoms with Crippen LogP contribution in [0.1, 0.15) is 12.0 Å². The fraction of sp³-hybridized carbons (Fsp3) is 0.429. The van der Waals surface area contributed by atoms with E-state index in [1.807, 2.05) is 31.2 Å². The first-order valence-corrected chi connectivity index (χ1v) is 7.11. The first kappa shape index (κ1) is 14.7. The first-order chi connectivity index (χ1) is 9.60. The monoisotopic (exact) mass is 295 g/mol. The Hall–Kier alpha value is -1.75. The summed E-state index contributed by atoms with van der Waals surface area (Å²) in [5.41, 5.74) is 2.02. The van der Waals surface area contributed by atoms with Crippen LogP contribution in [0.3, 0.4) is 0 Å². The first-order valence-electron chi connectivity index (χ1n) is 6.57. The Bertz CT molecular complexity index is 490. The fourth-order valence-corrected chi connectivity index (χ4v) is 2.27. The van der Waals surface area contributed by atoms with Crippen LogP contribution < -0.4 is 15.5 Å². The molecule has 1 aromatic carbocycles. The predicted octanol–water partition coefficient (Wildman–Crippen LogP) is 1.64. The molecule has 1 aromatic rings. The van der Waals surface area contributed by atoms with Crippen molar-refractivity contribution in [2.75, 3.05) is 23.9 Å². The summed E-state index contributed by atoms with van der Waals surface area (Å²) in [7, 11) is 0. The number of hydrogen-bond acceptors (Lipinski definition) is 2. The van der Waals surface area contributed by atoms with Gasteiger partial charge in [0.25, 0.3) is 0 Å². The smallest absolute Gasteiger partial charge is 0.315 e. The van der Waals surface area contributed by atoms with E-state index in [2.05, 4.69) is 10.6 Å². The molecule has 2 rings (SSSR count). The third-order valence-electron chi connectivity index (χ3n) is 3.19. The Morgan fingerprint density at radius 3 is 2.75 bits per heavy atom. The Balaban J connectivity index is 1.93. The van der Waals surface area contributed by atoms with E-state index in [0.29, 0.717) is 25.4 Å². The number of anilines is 1. The molecule has 6 heteroatoms. The van der Waals surface area contributed by atoms with Crippen molar-refractivity contribution in [2.45, 2.75) is 19.4 Å². The van der Waals surface area contributed by atoms with Gasteiger partial charge in [-0.15, -0.1) is 11.6 Å². The Labute approximate surface area is 123 Å². The topological polar surface area (TPSA) is 61.4 Å². The third-order valence-corrected chi connectivity index (χ3v) is 3.37. The fourth-order valence-electron chi connectivity index (χ4n) is 2.18. The van der Waals surface area contributed by atoms with Gasteiger partial charge in [-0.05, 0) is 19.1 Å². The molecule has 0 bridgehead atoms. The number of nitrogens with zero attached hydrogens (tertiary/aromatic N) is 1. The predicted molar refractivity (Wildman–Crippen MR) is 79.2 cm³/mol. The van der Waals surface area contributed by atoms with Gasteiger partial charge in [0.1, 0.15) is 0 Å². The zero-order chi connectivity index (χ0) is 14.5. The molecule has 0 unspecified atom stereocenters. The van der Waals surface area contributed by atoms with Gasteiger partial charge in [-0.2, -0.15) is 0 Å². The highest BCUT2D eigenvalue weighted by molar-refractivity contribution is 6.18. The molecule has 1 heterocycles. The lowest BCUT2D eigenvalue weighted by molar-refractivity contribution is -0.117. The largest absolute Gasteiger partial charge is 0.337 e. The number of alkyl halides is 1. The standard InChI is InChI=1S/C14H18ClN3O2/c1-10-2-4-12(5-3-10)18-9-11(8-13(18)19)17-14(20)16-7-6-15/h2-5,11H,6-9H2,1H3,(H2,16,17,20)/t11-/m0/s1. The second-order valence-corrected chi connectivity index (χ2v) is 5.21. The molecule has 0 aliphatic carbocycles. The van der Waals surface area contributed by atoms with Crippen LogP contribution in [0.4, 0.5) is 10.5 Å². The number of hydrogen-bond donors (Lipinski definition) is 2. The highest BCUT2D eigenvalue weighted by Gasteiger charge is 2.31. The van der Waals surface area contributed by atoms with E-state index in [-0.39, 0.29) is 18.0 Å². The lowest BCUT2D eigenvalue weighted by Gasteiger charge is -2.17. The second kappa shape index (κ2) is 6.61. The van der Waals surface area contributed by atoms with Crippen LogP contribution in [0.15, 0.2) is 24.3 Å². The molecule has 20 heavy (non-hydrogen) atoms. The summed E-state index contributed by atoms with van der Waals surface area (Å²) in [6.45, 7) is 2.91. The Morgan fingerprint density at radius 1 is 1.40 bits per heavy atom. The van der Waals surface area contributed by atoms with Gasteiger partial charge in [0, 0.05) is 31.1 Å². The highest BCUT2D eigenvalue weighted by atomic mass is 35.5. The average molecular weight is 296 g/mol. The quantitative estimate of drug-likeness (QED) is 0.830. The maximum Gasteiger partial charge on any atom is 0.315 e. The summed E-state index contributed by atoms with van der Waals surface area (Å²) in [5.74, 6) is 0.392. The normalized spacial score (nSPS) is 18.2. The molecule has 1 fully saturated rings. The molecule has 0 saturated carbocycles. The Morgan fingerprint density at radius 2 is 2.10 bits per heavy atom. The van der Waals surface area contributed by atoms with Crippen molar-refractivity contribution in [3.8, 4) is 0 Å². The maximum atomic E-state index is 12.0. The number of carbonyl (C=O) groups is 2. The third kappa shape index (κ3) is 3.63. The van der Waals surface area contributed by atoms with Crippen molar-refractivity contribution < 1.29 is 9.59 Å². The number of aryl methyl sites for hydroxylation is 1. The van der Waals surface area contributed by atoms with Crippen molar-refractivity contribution in [1.29, 1.82) is 0 Å². The van der Waals surface area contributed by atoms with Crippen LogP contribution in [0.5, 0.6) is 0 Å². The highest BCUT2D eigenvalue weighted by Crippen LogP contribution is 2.21. The van der Waals surface area contributed by atoms with Crippen LogP contribution in [0, 0.1) is 6.92 Å². The lowest BCUT2D eigenvalue weighted by atomic mass is 10.2. The van der Waals surface area contributed by atoms with E-state index >= 15 is 0 Å². The summed E-state index contributed by atoms with van der Waals surface area (Å²) in [6, 6.07) is 7.33. The summed E-state index contributed by atoms with van der Waals surface area (Å²) < 4.78 is 0. The van der Waals surface area contributed by atoms with Crippen molar-refractivity contribution in [2.24, 2.45) is 0 Å². The molecule has 108 valence electrons. The van der Waals surface area contributed by atoms with E-state index in [1.165, 1.54) is 0 Å². The van der Waals surface area contributed by atoms with E-state index in [4.69, 9.17) is 11.6 Å². The molecule has 1 aliphatic rings. The van der Waals surface area contributed by atoms with Crippen LogP contribution in [-0.2, 0) is 4.79 Å². The molecule has 5 nitrogen and oxygen atoms in total. The van der Waals surface area contributed by atoms with Gasteiger partial charge >= 0.3 is 6.03 Å². The summed E-state index contributed by atoms with van der Waals surface area (Å²) in [6.07, 6.45) is 0.322. The van der Waals surface area contributed by atoms with Gasteiger partial charge in [-0.1, -0.05) is 17.7 Å². The van der Waals surface area contributed by atoms with Crippen LogP contribution in [0.25, 0.3) is 0 Å². The van der Waals surface area contributed by atoms with Crippen molar-refractivity contribution in [3.63, 3.8) is 0 Å². The lowest BCUT2D eigenvalue weighted by Crippen LogP contribution is -2.43. The second-order valence-electron chi connectivity index (χ2n) is 4.83. The van der Waals surface area contributed by atoms with E-state index in [0.717, 1.165) is 11.3 Å². The molecule has 1 saturated heterocycles. The number of rotatable bonds is 4. The molecule has 1 aliphatic heterocycles. The van der Waals surface area contributed by atoms with Gasteiger partial charge in [-0.25, -0.2) is 4.79 Å². The maximum absolute atomic E-state index is 12.0. The van der Waals surface area contributed by atoms with Gasteiger partial charge in [0.15, 0.2) is 0 Å². The molecule has 2 N–H and O–H groups in total. The number of nitrogens with one attached hydrogen (secondary N) is 2. The molecule has 0 spiro atoms. The summed E-state index contributed by atoms with van der Waals surface area (Å²) in [4.78, 5) is 25.2. The average Bonchev–Trinajstić information content (AvgIpc) is 2.78. The van der Waals surface area contributed by atoms with E-state index in [1.54, 1.807) is 4.90 Å². The number of carbonyl (C=O) groups excluding carboxylic acids is 2. The van der Waals surface area contributed by atoms with Gasteiger partial charge < -0.3 is 15.5 Å². The van der Waals surface area contributed by atoms with Gasteiger partial charge in [0.2, 0.25) is 5.91 Å². The zero-order valence-corrected chi connectivity index (χ0v) is 12.1. The summed E-state index contributed by atoms with van der Waals surface area (Å²) >= 11 is 5.50. The SMILES string of the molecule is Cc1ccc(N2C[C@@H](NC(=O)NCCCl)CC2=O)cc1. The minimum Gasteiger partial charge on any atom is -0.337 e. The molecule has 0 radical (unpaired) electrons. The minimum atomic E-state index is -0.283. The number of benzene rings is 1. The number of halogens is 1. The minimum absolute atomic E-state index is 0.0245. The van der Waals surface area contributed by atoms with Crippen molar-refractivity contribution >= 4 is 29.2 Å². The molecule has 1 atom stereocenters. The van der Waals surface area contributed by atoms with Crippen LogP contribution in [-0.4, -0.2) is 36.9 Å². The van der Waals surface area contributed by atoms with Crippen molar-refractivity contribution in [1.82, 2.24) is 10.6 Å². The van der Waals surface area contributed by atoms with Gasteiger partial charge in [-0.3, -0.25) is 4.79 Å². The molecular formula is C14H18ClN3O2. The molecular weight excluding hydrogens is 278 g/mol. The molecule has 3 amide bonds.